The lowest BCUT2D eigenvalue weighted by molar-refractivity contribution is -0.384. The van der Waals surface area contributed by atoms with E-state index in [9.17, 15) is 15.2 Å². The van der Waals surface area contributed by atoms with Crippen molar-refractivity contribution in [1.29, 1.82) is 0 Å². The van der Waals surface area contributed by atoms with Crippen LogP contribution >= 0.6 is 0 Å². The molecule has 1 fully saturated rings. The van der Waals surface area contributed by atoms with Crippen LogP contribution in [0.2, 0.25) is 0 Å². The molecule has 1 aliphatic carbocycles. The average Bonchev–Trinajstić information content (AvgIpc) is 2.54. The van der Waals surface area contributed by atoms with Crippen molar-refractivity contribution < 1.29 is 10.0 Å². The lowest BCUT2D eigenvalue weighted by atomic mass is 10.0. The highest BCUT2D eigenvalue weighted by Crippen LogP contribution is 2.30. The summed E-state index contributed by atoms with van der Waals surface area (Å²) in [6.45, 7) is 1.73. The third-order valence-corrected chi connectivity index (χ3v) is 3.74. The number of rotatable bonds is 3. The highest BCUT2D eigenvalue weighted by Gasteiger charge is 2.25. The normalized spacial score (nSPS) is 23.7. The molecule has 2 rings (SSSR count). The Labute approximate surface area is 112 Å². The second kappa shape index (κ2) is 6.02. The van der Waals surface area contributed by atoms with Crippen LogP contribution in [0.5, 0.6) is 0 Å². The van der Waals surface area contributed by atoms with Crippen LogP contribution in [0, 0.1) is 17.0 Å². The number of para-hydroxylation sites is 1. The van der Waals surface area contributed by atoms with Gasteiger partial charge in [-0.15, -0.1) is 0 Å². The van der Waals surface area contributed by atoms with Gasteiger partial charge in [0.15, 0.2) is 0 Å². The number of nitro benzene ring substituents is 1. The number of nitro groups is 1. The molecule has 0 radical (unpaired) electrons. The molecule has 0 aliphatic heterocycles. The van der Waals surface area contributed by atoms with E-state index in [0.717, 1.165) is 32.1 Å². The van der Waals surface area contributed by atoms with Gasteiger partial charge in [-0.1, -0.05) is 31.4 Å². The van der Waals surface area contributed by atoms with E-state index in [1.165, 1.54) is 0 Å². The molecule has 2 unspecified atom stereocenters. The maximum absolute atomic E-state index is 11.1. The SMILES string of the molecule is Cc1cccc(NC2CCCCCC2O)c1[N+](=O)[O-]. The predicted octanol–water partition coefficient (Wildman–Crippen LogP) is 3.01. The maximum Gasteiger partial charge on any atom is 0.295 e. The van der Waals surface area contributed by atoms with Crippen molar-refractivity contribution in [3.8, 4) is 0 Å². The predicted molar refractivity (Wildman–Crippen MR) is 74.3 cm³/mol. The Bertz CT molecular complexity index is 462. The van der Waals surface area contributed by atoms with Gasteiger partial charge in [0.05, 0.1) is 17.1 Å². The summed E-state index contributed by atoms with van der Waals surface area (Å²) in [6, 6.07) is 5.14. The first kappa shape index (κ1) is 13.8. The molecule has 0 heterocycles. The van der Waals surface area contributed by atoms with E-state index in [-0.39, 0.29) is 16.7 Å². The zero-order chi connectivity index (χ0) is 13.8. The third-order valence-electron chi connectivity index (χ3n) is 3.74. The Hall–Kier alpha value is -1.62. The Kier molecular flexibility index (Phi) is 4.37. The number of hydrogen-bond acceptors (Lipinski definition) is 4. The van der Waals surface area contributed by atoms with Gasteiger partial charge >= 0.3 is 0 Å². The van der Waals surface area contributed by atoms with Crippen molar-refractivity contribution in [2.75, 3.05) is 5.32 Å². The second-order valence-electron chi connectivity index (χ2n) is 5.18. The summed E-state index contributed by atoms with van der Waals surface area (Å²) < 4.78 is 0. The standard InChI is InChI=1S/C14H20N2O3/c1-10-6-5-8-12(14(10)16(18)19)15-11-7-3-2-4-9-13(11)17/h5-6,8,11,13,15,17H,2-4,7,9H2,1H3. The first-order valence-electron chi connectivity index (χ1n) is 6.78. The van der Waals surface area contributed by atoms with Gasteiger partial charge in [-0.2, -0.15) is 0 Å². The number of anilines is 1. The zero-order valence-corrected chi connectivity index (χ0v) is 11.1. The molecule has 2 atom stereocenters. The van der Waals surface area contributed by atoms with E-state index in [0.29, 0.717) is 11.3 Å². The van der Waals surface area contributed by atoms with Crippen LogP contribution in [0.1, 0.15) is 37.7 Å². The van der Waals surface area contributed by atoms with Crippen LogP contribution in [-0.4, -0.2) is 22.2 Å². The molecule has 0 saturated heterocycles. The molecule has 2 N–H and O–H groups in total. The van der Waals surface area contributed by atoms with Crippen molar-refractivity contribution in [3.05, 3.63) is 33.9 Å². The van der Waals surface area contributed by atoms with Gasteiger partial charge < -0.3 is 10.4 Å². The molecule has 0 bridgehead atoms. The fraction of sp³-hybridized carbons (Fsp3) is 0.571. The fourth-order valence-electron chi connectivity index (χ4n) is 2.67. The van der Waals surface area contributed by atoms with Crippen LogP contribution in [0.4, 0.5) is 11.4 Å². The van der Waals surface area contributed by atoms with Gasteiger partial charge in [-0.3, -0.25) is 10.1 Å². The molecular formula is C14H20N2O3. The van der Waals surface area contributed by atoms with Gasteiger partial charge in [0.2, 0.25) is 0 Å². The van der Waals surface area contributed by atoms with Gasteiger partial charge in [0.1, 0.15) is 5.69 Å². The smallest absolute Gasteiger partial charge is 0.295 e. The number of aliphatic hydroxyl groups excluding tert-OH is 1. The minimum Gasteiger partial charge on any atom is -0.391 e. The first-order chi connectivity index (χ1) is 9.09. The van der Waals surface area contributed by atoms with Gasteiger partial charge in [0, 0.05) is 5.56 Å². The Morgan fingerprint density at radius 2 is 2.05 bits per heavy atom. The number of aliphatic hydroxyl groups is 1. The number of nitrogens with zero attached hydrogens (tertiary/aromatic N) is 1. The van der Waals surface area contributed by atoms with Crippen molar-refractivity contribution in [3.63, 3.8) is 0 Å². The molecule has 0 spiro atoms. The molecule has 1 aromatic rings. The number of nitrogens with one attached hydrogen (secondary N) is 1. The van der Waals surface area contributed by atoms with Crippen LogP contribution in [-0.2, 0) is 0 Å². The van der Waals surface area contributed by atoms with Crippen molar-refractivity contribution in [2.45, 2.75) is 51.2 Å². The van der Waals surface area contributed by atoms with E-state index in [1.807, 2.05) is 0 Å². The minimum atomic E-state index is -0.428. The molecule has 19 heavy (non-hydrogen) atoms. The summed E-state index contributed by atoms with van der Waals surface area (Å²) in [5, 5.41) is 24.4. The number of benzene rings is 1. The topological polar surface area (TPSA) is 75.4 Å². The summed E-state index contributed by atoms with van der Waals surface area (Å²) in [7, 11) is 0. The third kappa shape index (κ3) is 3.23. The fourth-order valence-corrected chi connectivity index (χ4v) is 2.67. The van der Waals surface area contributed by atoms with Crippen LogP contribution in [0.3, 0.4) is 0 Å². The monoisotopic (exact) mass is 264 g/mol. The molecule has 1 saturated carbocycles. The minimum absolute atomic E-state index is 0.0944. The molecule has 0 aromatic heterocycles. The summed E-state index contributed by atoms with van der Waals surface area (Å²) in [6.07, 6.45) is 4.38. The van der Waals surface area contributed by atoms with E-state index < -0.39 is 6.10 Å². The first-order valence-corrected chi connectivity index (χ1v) is 6.78. The maximum atomic E-state index is 11.1. The van der Waals surface area contributed by atoms with E-state index in [1.54, 1.807) is 25.1 Å². The van der Waals surface area contributed by atoms with E-state index in [2.05, 4.69) is 5.32 Å². The van der Waals surface area contributed by atoms with Crippen LogP contribution < -0.4 is 5.32 Å². The van der Waals surface area contributed by atoms with E-state index in [4.69, 9.17) is 0 Å². The summed E-state index contributed by atoms with van der Waals surface area (Å²) in [5.41, 5.74) is 1.26. The van der Waals surface area contributed by atoms with Gasteiger partial charge in [-0.05, 0) is 25.8 Å². The molecule has 5 nitrogen and oxygen atoms in total. The molecular weight excluding hydrogens is 244 g/mol. The van der Waals surface area contributed by atoms with E-state index >= 15 is 0 Å². The molecule has 0 amide bonds. The summed E-state index contributed by atoms with van der Waals surface area (Å²) >= 11 is 0. The lowest BCUT2D eigenvalue weighted by Gasteiger charge is -2.23. The highest BCUT2D eigenvalue weighted by molar-refractivity contribution is 5.65. The van der Waals surface area contributed by atoms with Crippen molar-refractivity contribution in [2.24, 2.45) is 0 Å². The lowest BCUT2D eigenvalue weighted by Crippen LogP contribution is -2.32. The summed E-state index contributed by atoms with van der Waals surface area (Å²) in [4.78, 5) is 10.8. The Morgan fingerprint density at radius 3 is 2.79 bits per heavy atom. The molecule has 1 aromatic carbocycles. The quantitative estimate of drug-likeness (QED) is 0.500. The average molecular weight is 264 g/mol. The van der Waals surface area contributed by atoms with Crippen molar-refractivity contribution in [1.82, 2.24) is 0 Å². The largest absolute Gasteiger partial charge is 0.391 e. The molecule has 104 valence electrons. The van der Waals surface area contributed by atoms with Gasteiger partial charge in [0.25, 0.3) is 5.69 Å². The van der Waals surface area contributed by atoms with Crippen LogP contribution in [0.25, 0.3) is 0 Å². The molecule has 1 aliphatic rings. The highest BCUT2D eigenvalue weighted by atomic mass is 16.6. The second-order valence-corrected chi connectivity index (χ2v) is 5.18. The number of hydrogen-bond donors (Lipinski definition) is 2. The van der Waals surface area contributed by atoms with Crippen LogP contribution in [0.15, 0.2) is 18.2 Å². The Balaban J connectivity index is 2.22. The zero-order valence-electron chi connectivity index (χ0n) is 11.1. The van der Waals surface area contributed by atoms with Crippen molar-refractivity contribution >= 4 is 11.4 Å². The molecule has 5 heteroatoms. The number of aryl methyl sites for hydroxylation is 1. The summed E-state index contributed by atoms with van der Waals surface area (Å²) in [5.74, 6) is 0. The van der Waals surface area contributed by atoms with Gasteiger partial charge in [-0.25, -0.2) is 0 Å². The Morgan fingerprint density at radius 1 is 1.32 bits per heavy atom.